The van der Waals surface area contributed by atoms with E-state index in [4.69, 9.17) is 4.74 Å². The molecule has 1 N–H and O–H groups in total. The van der Waals surface area contributed by atoms with Gasteiger partial charge in [-0.25, -0.2) is 0 Å². The largest absolute Gasteiger partial charge is 0.493 e. The third-order valence-corrected chi connectivity index (χ3v) is 4.19. The molecule has 20 heavy (non-hydrogen) atoms. The smallest absolute Gasteiger partial charge is 0.123 e. The van der Waals surface area contributed by atoms with Crippen LogP contribution in [0, 0.1) is 0 Å². The van der Waals surface area contributed by atoms with E-state index < -0.39 is 0 Å². The molecule has 0 atom stereocenters. The molecule has 0 radical (unpaired) electrons. The maximum Gasteiger partial charge on any atom is 0.123 e. The molecule has 3 heteroatoms. The number of aryl methyl sites for hydroxylation is 1. The Kier molecular flexibility index (Phi) is 3.97. The number of aromatic amines is 1. The van der Waals surface area contributed by atoms with Gasteiger partial charge in [-0.3, -0.25) is 0 Å². The van der Waals surface area contributed by atoms with Crippen molar-refractivity contribution in [1.82, 2.24) is 9.88 Å². The fraction of sp³-hybridized carbons (Fsp3) is 0.529. The summed E-state index contributed by atoms with van der Waals surface area (Å²) in [5.41, 5.74) is 4.09. The van der Waals surface area contributed by atoms with Crippen LogP contribution in [0.25, 0.3) is 10.9 Å². The first kappa shape index (κ1) is 13.5. The van der Waals surface area contributed by atoms with Crippen LogP contribution < -0.4 is 4.74 Å². The first-order valence-corrected chi connectivity index (χ1v) is 7.72. The van der Waals surface area contributed by atoms with Crippen molar-refractivity contribution in [2.24, 2.45) is 0 Å². The summed E-state index contributed by atoms with van der Waals surface area (Å²) in [6.07, 6.45) is 6.77. The lowest BCUT2D eigenvalue weighted by molar-refractivity contribution is 0.289. The first-order chi connectivity index (χ1) is 9.79. The SMILES string of the molecule is CCCN(C)CCc1c[nH]c2ccc3c(c12)CCCO3. The summed E-state index contributed by atoms with van der Waals surface area (Å²) in [6.45, 7) is 5.38. The normalized spacial score (nSPS) is 14.6. The second-order valence-corrected chi connectivity index (χ2v) is 5.78. The summed E-state index contributed by atoms with van der Waals surface area (Å²) in [6, 6.07) is 4.26. The molecule has 1 aromatic carbocycles. The Morgan fingerprint density at radius 1 is 1.30 bits per heavy atom. The van der Waals surface area contributed by atoms with E-state index in [1.807, 2.05) is 0 Å². The molecular formula is C17H24N2O. The molecule has 0 saturated heterocycles. The number of rotatable bonds is 5. The van der Waals surface area contributed by atoms with Crippen molar-refractivity contribution in [1.29, 1.82) is 0 Å². The van der Waals surface area contributed by atoms with Gasteiger partial charge in [-0.2, -0.15) is 0 Å². The molecule has 0 saturated carbocycles. The van der Waals surface area contributed by atoms with Gasteiger partial charge in [0.1, 0.15) is 5.75 Å². The van der Waals surface area contributed by atoms with E-state index in [-0.39, 0.29) is 0 Å². The van der Waals surface area contributed by atoms with Gasteiger partial charge < -0.3 is 14.6 Å². The van der Waals surface area contributed by atoms with Crippen LogP contribution in [0.4, 0.5) is 0 Å². The molecular weight excluding hydrogens is 248 g/mol. The highest BCUT2D eigenvalue weighted by atomic mass is 16.5. The standard InChI is InChI=1S/C17H24N2O/c1-3-9-19(2)10-8-13-12-18-15-6-7-16-14(17(13)15)5-4-11-20-16/h6-7,12,18H,3-5,8-11H2,1-2H3. The predicted molar refractivity (Wildman–Crippen MR) is 83.6 cm³/mol. The Balaban J connectivity index is 1.87. The van der Waals surface area contributed by atoms with Crippen LogP contribution in [0.3, 0.4) is 0 Å². The van der Waals surface area contributed by atoms with Gasteiger partial charge >= 0.3 is 0 Å². The van der Waals surface area contributed by atoms with E-state index >= 15 is 0 Å². The maximum atomic E-state index is 5.80. The van der Waals surface area contributed by atoms with Crippen molar-refractivity contribution in [2.45, 2.75) is 32.6 Å². The summed E-state index contributed by atoms with van der Waals surface area (Å²) in [7, 11) is 2.21. The van der Waals surface area contributed by atoms with Crippen molar-refractivity contribution < 1.29 is 4.74 Å². The van der Waals surface area contributed by atoms with Crippen molar-refractivity contribution >= 4 is 10.9 Å². The van der Waals surface area contributed by atoms with E-state index in [1.54, 1.807) is 0 Å². The molecule has 0 aliphatic carbocycles. The minimum Gasteiger partial charge on any atom is -0.493 e. The van der Waals surface area contributed by atoms with Crippen LogP contribution in [0.2, 0.25) is 0 Å². The Hall–Kier alpha value is -1.48. The minimum absolute atomic E-state index is 0.859. The zero-order chi connectivity index (χ0) is 13.9. The Bertz CT molecular complexity index is 588. The number of fused-ring (bicyclic) bond motifs is 3. The maximum absolute atomic E-state index is 5.80. The second-order valence-electron chi connectivity index (χ2n) is 5.78. The molecule has 3 rings (SSSR count). The quantitative estimate of drug-likeness (QED) is 0.904. The lowest BCUT2D eigenvalue weighted by Gasteiger charge is -2.19. The molecule has 0 unspecified atom stereocenters. The predicted octanol–water partition coefficient (Wildman–Crippen LogP) is 3.38. The number of H-pyrrole nitrogens is 1. The molecule has 0 amide bonds. The third kappa shape index (κ3) is 2.55. The van der Waals surface area contributed by atoms with Gasteiger partial charge in [0.25, 0.3) is 0 Å². The molecule has 3 nitrogen and oxygen atoms in total. The van der Waals surface area contributed by atoms with Gasteiger partial charge in [0.2, 0.25) is 0 Å². The Morgan fingerprint density at radius 3 is 3.05 bits per heavy atom. The van der Waals surface area contributed by atoms with Gasteiger partial charge in [0.05, 0.1) is 6.61 Å². The topological polar surface area (TPSA) is 28.3 Å². The summed E-state index contributed by atoms with van der Waals surface area (Å²) in [5.74, 6) is 1.09. The number of hydrogen-bond acceptors (Lipinski definition) is 2. The van der Waals surface area contributed by atoms with E-state index in [0.29, 0.717) is 0 Å². The lowest BCUT2D eigenvalue weighted by Crippen LogP contribution is -2.21. The molecule has 0 spiro atoms. The molecule has 1 aliphatic heterocycles. The van der Waals surface area contributed by atoms with Gasteiger partial charge in [0.15, 0.2) is 0 Å². The number of nitrogens with one attached hydrogen (secondary N) is 1. The van der Waals surface area contributed by atoms with Crippen LogP contribution in [0.5, 0.6) is 5.75 Å². The molecule has 1 aromatic heterocycles. The summed E-state index contributed by atoms with van der Waals surface area (Å²) in [4.78, 5) is 5.83. The van der Waals surface area contributed by atoms with E-state index in [9.17, 15) is 0 Å². The number of likely N-dealkylation sites (N-methyl/N-ethyl adjacent to an activating group) is 1. The van der Waals surface area contributed by atoms with E-state index in [2.05, 4.69) is 42.2 Å². The average molecular weight is 272 g/mol. The zero-order valence-corrected chi connectivity index (χ0v) is 12.5. The molecule has 0 fully saturated rings. The van der Waals surface area contributed by atoms with E-state index in [0.717, 1.165) is 38.2 Å². The molecule has 108 valence electrons. The zero-order valence-electron chi connectivity index (χ0n) is 12.5. The Morgan fingerprint density at radius 2 is 2.20 bits per heavy atom. The Labute approximate surface area is 120 Å². The van der Waals surface area contributed by atoms with Crippen molar-refractivity contribution in [2.75, 3.05) is 26.7 Å². The van der Waals surface area contributed by atoms with Gasteiger partial charge in [0, 0.05) is 29.2 Å². The molecule has 2 heterocycles. The molecule has 1 aliphatic rings. The van der Waals surface area contributed by atoms with Crippen molar-refractivity contribution in [3.8, 4) is 5.75 Å². The lowest BCUT2D eigenvalue weighted by atomic mass is 9.98. The van der Waals surface area contributed by atoms with Gasteiger partial charge in [-0.1, -0.05) is 6.92 Å². The van der Waals surface area contributed by atoms with Crippen LogP contribution in [0.15, 0.2) is 18.3 Å². The summed E-state index contributed by atoms with van der Waals surface area (Å²) in [5, 5.41) is 1.41. The van der Waals surface area contributed by atoms with E-state index in [1.165, 1.54) is 35.0 Å². The average Bonchev–Trinajstić information content (AvgIpc) is 2.89. The molecule has 2 aromatic rings. The number of ether oxygens (including phenoxy) is 1. The number of aromatic nitrogens is 1. The highest BCUT2D eigenvalue weighted by molar-refractivity contribution is 5.89. The number of nitrogens with zero attached hydrogens (tertiary/aromatic N) is 1. The monoisotopic (exact) mass is 272 g/mol. The summed E-state index contributed by atoms with van der Waals surface area (Å²) >= 11 is 0. The highest BCUT2D eigenvalue weighted by Crippen LogP contribution is 2.34. The number of benzene rings is 1. The van der Waals surface area contributed by atoms with Crippen LogP contribution >= 0.6 is 0 Å². The third-order valence-electron chi connectivity index (χ3n) is 4.19. The first-order valence-electron chi connectivity index (χ1n) is 7.72. The summed E-state index contributed by atoms with van der Waals surface area (Å²) < 4.78 is 5.80. The number of hydrogen-bond donors (Lipinski definition) is 1. The van der Waals surface area contributed by atoms with Crippen LogP contribution in [-0.4, -0.2) is 36.6 Å². The molecule has 0 bridgehead atoms. The van der Waals surface area contributed by atoms with Crippen molar-refractivity contribution in [3.63, 3.8) is 0 Å². The highest BCUT2D eigenvalue weighted by Gasteiger charge is 2.17. The van der Waals surface area contributed by atoms with Crippen LogP contribution in [0.1, 0.15) is 30.9 Å². The second kappa shape index (κ2) is 5.88. The van der Waals surface area contributed by atoms with Gasteiger partial charge in [-0.05, 0) is 57.0 Å². The van der Waals surface area contributed by atoms with Gasteiger partial charge in [-0.15, -0.1) is 0 Å². The minimum atomic E-state index is 0.859. The fourth-order valence-electron chi connectivity index (χ4n) is 3.17. The fourth-order valence-corrected chi connectivity index (χ4v) is 3.17. The van der Waals surface area contributed by atoms with Crippen LogP contribution in [-0.2, 0) is 12.8 Å². The van der Waals surface area contributed by atoms with Crippen molar-refractivity contribution in [3.05, 3.63) is 29.5 Å².